The van der Waals surface area contributed by atoms with Crippen molar-refractivity contribution in [1.29, 1.82) is 0 Å². The smallest absolute Gasteiger partial charge is 0.272 e. The van der Waals surface area contributed by atoms with E-state index in [-0.39, 0.29) is 5.91 Å². The van der Waals surface area contributed by atoms with Crippen LogP contribution in [0.25, 0.3) is 0 Å². The molecule has 1 amide bonds. The Balaban J connectivity index is 1.65. The summed E-state index contributed by atoms with van der Waals surface area (Å²) < 4.78 is 5.26. The maximum absolute atomic E-state index is 12.5. The summed E-state index contributed by atoms with van der Waals surface area (Å²) in [7, 11) is 1.66. The number of aromatic nitrogens is 1. The topological polar surface area (TPSA) is 45.7 Å². The van der Waals surface area contributed by atoms with Crippen molar-refractivity contribution in [1.82, 2.24) is 9.88 Å². The van der Waals surface area contributed by atoms with E-state index < -0.39 is 0 Å². The van der Waals surface area contributed by atoms with Gasteiger partial charge in [-0.3, -0.25) is 9.78 Å². The van der Waals surface area contributed by atoms with Crippen LogP contribution in [0.1, 0.15) is 10.5 Å². The molecule has 2 heterocycles. The van der Waals surface area contributed by atoms with Crippen molar-refractivity contribution in [2.24, 2.45) is 0 Å². The van der Waals surface area contributed by atoms with Crippen molar-refractivity contribution in [2.75, 3.05) is 38.2 Å². The molecule has 0 radical (unpaired) electrons. The molecule has 0 aliphatic carbocycles. The second-order valence-electron chi connectivity index (χ2n) is 5.34. The van der Waals surface area contributed by atoms with Crippen LogP contribution in [-0.4, -0.2) is 49.1 Å². The third-order valence-electron chi connectivity index (χ3n) is 3.93. The van der Waals surface area contributed by atoms with Crippen molar-refractivity contribution in [3.63, 3.8) is 0 Å². The van der Waals surface area contributed by atoms with Gasteiger partial charge in [-0.15, -0.1) is 0 Å². The van der Waals surface area contributed by atoms with E-state index >= 15 is 0 Å². The fourth-order valence-corrected chi connectivity index (χ4v) is 2.82. The Bertz CT molecular complexity index is 700. The van der Waals surface area contributed by atoms with Crippen molar-refractivity contribution in [3.05, 3.63) is 53.3 Å². The quantitative estimate of drug-likeness (QED) is 0.867. The summed E-state index contributed by atoms with van der Waals surface area (Å²) in [5.41, 5.74) is 1.50. The molecule has 1 fully saturated rings. The van der Waals surface area contributed by atoms with Crippen LogP contribution in [-0.2, 0) is 0 Å². The molecule has 3 rings (SSSR count). The van der Waals surface area contributed by atoms with Crippen LogP contribution in [0.2, 0.25) is 5.02 Å². The number of methoxy groups -OCH3 is 1. The maximum atomic E-state index is 12.5. The molecule has 0 N–H and O–H groups in total. The predicted molar refractivity (Wildman–Crippen MR) is 90.4 cm³/mol. The Hall–Kier alpha value is -2.27. The molecule has 6 heteroatoms. The average molecular weight is 332 g/mol. The number of pyridine rings is 1. The normalized spacial score (nSPS) is 14.7. The van der Waals surface area contributed by atoms with Gasteiger partial charge in [0.15, 0.2) is 0 Å². The Labute approximate surface area is 140 Å². The number of halogens is 1. The summed E-state index contributed by atoms with van der Waals surface area (Å²) in [6.45, 7) is 2.87. The number of nitrogens with zero attached hydrogens (tertiary/aromatic N) is 3. The second kappa shape index (κ2) is 6.87. The number of piperazine rings is 1. The highest BCUT2D eigenvalue weighted by Gasteiger charge is 2.23. The lowest BCUT2D eigenvalue weighted by molar-refractivity contribution is 0.0741. The molecule has 0 spiro atoms. The number of benzene rings is 1. The standard InChI is InChI=1S/C17H18ClN3O2/c1-23-15-4-2-3-14(12-15)20-7-9-21(10-8-20)17(22)16-11-13(18)5-6-19-16/h2-6,11-12H,7-10H2,1H3. The Morgan fingerprint density at radius 1 is 1.17 bits per heavy atom. The zero-order valence-electron chi connectivity index (χ0n) is 12.9. The highest BCUT2D eigenvalue weighted by molar-refractivity contribution is 6.30. The van der Waals surface area contributed by atoms with E-state index in [1.807, 2.05) is 23.1 Å². The molecule has 1 aromatic heterocycles. The zero-order chi connectivity index (χ0) is 16.2. The number of hydrogen-bond acceptors (Lipinski definition) is 4. The first kappa shape index (κ1) is 15.6. The van der Waals surface area contributed by atoms with E-state index in [0.29, 0.717) is 23.8 Å². The molecule has 0 saturated carbocycles. The number of hydrogen-bond donors (Lipinski definition) is 0. The first-order valence-electron chi connectivity index (χ1n) is 7.47. The molecule has 23 heavy (non-hydrogen) atoms. The summed E-state index contributed by atoms with van der Waals surface area (Å²) >= 11 is 5.93. The van der Waals surface area contributed by atoms with Gasteiger partial charge in [0.25, 0.3) is 5.91 Å². The third kappa shape index (κ3) is 3.56. The first-order chi connectivity index (χ1) is 11.2. The molecule has 0 bridgehead atoms. The van der Waals surface area contributed by atoms with Gasteiger partial charge in [0.05, 0.1) is 7.11 Å². The van der Waals surface area contributed by atoms with Gasteiger partial charge in [0, 0.05) is 49.2 Å². The molecule has 2 aromatic rings. The molecule has 120 valence electrons. The van der Waals surface area contributed by atoms with Gasteiger partial charge in [0.2, 0.25) is 0 Å². The number of carbonyl (C=O) groups is 1. The molecule has 5 nitrogen and oxygen atoms in total. The predicted octanol–water partition coefficient (Wildman–Crippen LogP) is 2.71. The number of rotatable bonds is 3. The van der Waals surface area contributed by atoms with E-state index in [2.05, 4.69) is 16.0 Å². The Morgan fingerprint density at radius 2 is 1.96 bits per heavy atom. The number of carbonyl (C=O) groups excluding carboxylic acids is 1. The van der Waals surface area contributed by atoms with Crippen molar-refractivity contribution in [2.45, 2.75) is 0 Å². The van der Waals surface area contributed by atoms with Crippen LogP contribution in [0.3, 0.4) is 0 Å². The van der Waals surface area contributed by atoms with E-state index in [0.717, 1.165) is 24.5 Å². The van der Waals surface area contributed by atoms with Gasteiger partial charge in [0.1, 0.15) is 11.4 Å². The van der Waals surface area contributed by atoms with Gasteiger partial charge >= 0.3 is 0 Å². The van der Waals surface area contributed by atoms with Crippen LogP contribution >= 0.6 is 11.6 Å². The molecular formula is C17H18ClN3O2. The van der Waals surface area contributed by atoms with Gasteiger partial charge in [-0.2, -0.15) is 0 Å². The van der Waals surface area contributed by atoms with Gasteiger partial charge < -0.3 is 14.5 Å². The second-order valence-corrected chi connectivity index (χ2v) is 5.78. The average Bonchev–Trinajstić information content (AvgIpc) is 2.61. The monoisotopic (exact) mass is 331 g/mol. The highest BCUT2D eigenvalue weighted by Crippen LogP contribution is 2.22. The first-order valence-corrected chi connectivity index (χ1v) is 7.85. The Morgan fingerprint density at radius 3 is 2.65 bits per heavy atom. The van der Waals surface area contributed by atoms with E-state index in [9.17, 15) is 4.79 Å². The van der Waals surface area contributed by atoms with Gasteiger partial charge in [-0.1, -0.05) is 17.7 Å². The van der Waals surface area contributed by atoms with Gasteiger partial charge in [-0.05, 0) is 24.3 Å². The third-order valence-corrected chi connectivity index (χ3v) is 4.16. The van der Waals surface area contributed by atoms with Crippen molar-refractivity contribution >= 4 is 23.2 Å². The molecule has 0 unspecified atom stereocenters. The lowest BCUT2D eigenvalue weighted by Gasteiger charge is -2.36. The fraction of sp³-hybridized carbons (Fsp3) is 0.294. The fourth-order valence-electron chi connectivity index (χ4n) is 2.66. The van der Waals surface area contributed by atoms with Crippen LogP contribution < -0.4 is 9.64 Å². The van der Waals surface area contributed by atoms with Crippen LogP contribution in [0, 0.1) is 0 Å². The number of ether oxygens (including phenoxy) is 1. The molecule has 1 aromatic carbocycles. The van der Waals surface area contributed by atoms with E-state index in [1.165, 1.54) is 0 Å². The summed E-state index contributed by atoms with van der Waals surface area (Å²) in [6.07, 6.45) is 1.56. The highest BCUT2D eigenvalue weighted by atomic mass is 35.5. The summed E-state index contributed by atoms with van der Waals surface area (Å²) in [5.74, 6) is 0.766. The van der Waals surface area contributed by atoms with Crippen LogP contribution in [0.5, 0.6) is 5.75 Å². The molecule has 1 saturated heterocycles. The summed E-state index contributed by atoms with van der Waals surface area (Å²) in [5, 5.41) is 0.526. The van der Waals surface area contributed by atoms with Crippen LogP contribution in [0.4, 0.5) is 5.69 Å². The minimum atomic E-state index is -0.0715. The minimum Gasteiger partial charge on any atom is -0.497 e. The number of anilines is 1. The molecule has 0 atom stereocenters. The van der Waals surface area contributed by atoms with Crippen LogP contribution in [0.15, 0.2) is 42.6 Å². The van der Waals surface area contributed by atoms with Crippen molar-refractivity contribution in [3.8, 4) is 5.75 Å². The SMILES string of the molecule is COc1cccc(N2CCN(C(=O)c3cc(Cl)ccn3)CC2)c1. The van der Waals surface area contributed by atoms with Crippen molar-refractivity contribution < 1.29 is 9.53 Å². The molecular weight excluding hydrogens is 314 g/mol. The largest absolute Gasteiger partial charge is 0.497 e. The lowest BCUT2D eigenvalue weighted by Crippen LogP contribution is -2.49. The summed E-state index contributed by atoms with van der Waals surface area (Å²) in [6, 6.07) is 11.2. The Kier molecular flexibility index (Phi) is 4.67. The molecule has 1 aliphatic heterocycles. The minimum absolute atomic E-state index is 0.0715. The maximum Gasteiger partial charge on any atom is 0.272 e. The van der Waals surface area contributed by atoms with Gasteiger partial charge in [-0.25, -0.2) is 0 Å². The van der Waals surface area contributed by atoms with E-state index in [4.69, 9.17) is 16.3 Å². The summed E-state index contributed by atoms with van der Waals surface area (Å²) in [4.78, 5) is 20.6. The lowest BCUT2D eigenvalue weighted by atomic mass is 10.2. The zero-order valence-corrected chi connectivity index (χ0v) is 13.7. The van der Waals surface area contributed by atoms with E-state index in [1.54, 1.807) is 25.4 Å². The molecule has 1 aliphatic rings. The number of amides is 1.